The molecule has 108 valence electrons. The van der Waals surface area contributed by atoms with Crippen molar-refractivity contribution < 1.29 is 4.79 Å². The highest BCUT2D eigenvalue weighted by Gasteiger charge is 2.16. The van der Waals surface area contributed by atoms with Gasteiger partial charge in [0.05, 0.1) is 12.2 Å². The molecule has 0 aliphatic heterocycles. The first kappa shape index (κ1) is 14.4. The minimum absolute atomic E-state index is 0.167. The number of hydrogen-bond acceptors (Lipinski definition) is 6. The number of aromatic nitrogens is 4. The molecule has 2 aromatic heterocycles. The fraction of sp³-hybridized carbons (Fsp3) is 0.500. The summed E-state index contributed by atoms with van der Waals surface area (Å²) in [4.78, 5) is 12.2. The lowest BCUT2D eigenvalue weighted by Gasteiger charge is -2.04. The van der Waals surface area contributed by atoms with Gasteiger partial charge in [0, 0.05) is 6.54 Å². The molecule has 2 aromatic rings. The van der Waals surface area contributed by atoms with Crippen LogP contribution in [-0.2, 0) is 13.1 Å². The Kier molecular flexibility index (Phi) is 4.33. The summed E-state index contributed by atoms with van der Waals surface area (Å²) in [5, 5.41) is 15.9. The predicted octanol–water partition coefficient (Wildman–Crippen LogP) is 1.39. The molecule has 8 heteroatoms. The van der Waals surface area contributed by atoms with Crippen LogP contribution in [0.2, 0.25) is 0 Å². The molecule has 0 radical (unpaired) electrons. The standard InChI is InChI=1S/C12H18N6OS/c1-4-18-9(5-8(17-18)7(2)3)11(19)14-6-10-15-16-12(13)20-10/h5,7H,4,6H2,1-3H3,(H2,13,16)(H,14,19). The molecule has 1 amide bonds. The molecule has 0 unspecified atom stereocenters. The normalized spacial score (nSPS) is 11.0. The Bertz CT molecular complexity index is 603. The Morgan fingerprint density at radius 1 is 1.50 bits per heavy atom. The van der Waals surface area contributed by atoms with E-state index in [0.29, 0.717) is 28.9 Å². The van der Waals surface area contributed by atoms with Crippen LogP contribution in [0.5, 0.6) is 0 Å². The van der Waals surface area contributed by atoms with Crippen molar-refractivity contribution in [3.63, 3.8) is 0 Å². The summed E-state index contributed by atoms with van der Waals surface area (Å²) < 4.78 is 1.71. The fourth-order valence-electron chi connectivity index (χ4n) is 1.73. The van der Waals surface area contributed by atoms with Crippen molar-refractivity contribution in [2.24, 2.45) is 0 Å². The second kappa shape index (κ2) is 6.00. The van der Waals surface area contributed by atoms with Crippen molar-refractivity contribution in [2.75, 3.05) is 5.73 Å². The van der Waals surface area contributed by atoms with Crippen LogP contribution in [-0.4, -0.2) is 25.9 Å². The monoisotopic (exact) mass is 294 g/mol. The van der Waals surface area contributed by atoms with Crippen molar-refractivity contribution in [3.05, 3.63) is 22.5 Å². The summed E-state index contributed by atoms with van der Waals surface area (Å²) in [6.45, 7) is 7.03. The SMILES string of the molecule is CCn1nc(C(C)C)cc1C(=O)NCc1nnc(N)s1. The Hall–Kier alpha value is -1.96. The van der Waals surface area contributed by atoms with Gasteiger partial charge in [-0.25, -0.2) is 0 Å². The van der Waals surface area contributed by atoms with Crippen molar-refractivity contribution >= 4 is 22.4 Å². The van der Waals surface area contributed by atoms with Gasteiger partial charge in [-0.1, -0.05) is 25.2 Å². The number of nitrogen functional groups attached to an aromatic ring is 1. The van der Waals surface area contributed by atoms with E-state index in [-0.39, 0.29) is 11.8 Å². The first-order chi connectivity index (χ1) is 9.51. The van der Waals surface area contributed by atoms with Crippen LogP contribution in [0.15, 0.2) is 6.07 Å². The number of carbonyl (C=O) groups is 1. The largest absolute Gasteiger partial charge is 0.374 e. The average molecular weight is 294 g/mol. The van der Waals surface area contributed by atoms with E-state index in [2.05, 4.69) is 20.6 Å². The number of amides is 1. The molecule has 2 rings (SSSR count). The maximum atomic E-state index is 12.2. The molecule has 0 bridgehead atoms. The van der Waals surface area contributed by atoms with Crippen LogP contribution in [0, 0.1) is 0 Å². The molecule has 2 heterocycles. The van der Waals surface area contributed by atoms with Crippen LogP contribution in [0.25, 0.3) is 0 Å². The van der Waals surface area contributed by atoms with E-state index in [0.717, 1.165) is 5.69 Å². The van der Waals surface area contributed by atoms with Gasteiger partial charge in [-0.15, -0.1) is 10.2 Å². The van der Waals surface area contributed by atoms with E-state index in [1.54, 1.807) is 4.68 Å². The minimum Gasteiger partial charge on any atom is -0.374 e. The second-order valence-electron chi connectivity index (χ2n) is 4.64. The number of carbonyl (C=O) groups excluding carboxylic acids is 1. The molecule has 0 aliphatic rings. The number of rotatable bonds is 5. The zero-order valence-electron chi connectivity index (χ0n) is 11.8. The van der Waals surface area contributed by atoms with Gasteiger partial charge in [0.1, 0.15) is 10.7 Å². The Morgan fingerprint density at radius 2 is 2.25 bits per heavy atom. The third kappa shape index (κ3) is 3.13. The highest BCUT2D eigenvalue weighted by Crippen LogP contribution is 2.15. The lowest BCUT2D eigenvalue weighted by Crippen LogP contribution is -2.25. The molecule has 0 atom stereocenters. The number of nitrogens with one attached hydrogen (secondary N) is 1. The Labute approximate surface area is 121 Å². The van der Waals surface area contributed by atoms with Crippen LogP contribution in [0.1, 0.15) is 47.9 Å². The van der Waals surface area contributed by atoms with E-state index in [9.17, 15) is 4.79 Å². The van der Waals surface area contributed by atoms with Crippen LogP contribution in [0.4, 0.5) is 5.13 Å². The maximum Gasteiger partial charge on any atom is 0.269 e. The zero-order chi connectivity index (χ0) is 14.7. The molecule has 0 saturated heterocycles. The summed E-state index contributed by atoms with van der Waals surface area (Å²) in [5.74, 6) is 0.123. The van der Waals surface area contributed by atoms with Crippen molar-refractivity contribution in [2.45, 2.75) is 39.8 Å². The van der Waals surface area contributed by atoms with Crippen molar-refractivity contribution in [3.8, 4) is 0 Å². The van der Waals surface area contributed by atoms with Crippen LogP contribution in [0.3, 0.4) is 0 Å². The van der Waals surface area contributed by atoms with Gasteiger partial charge in [0.25, 0.3) is 5.91 Å². The highest BCUT2D eigenvalue weighted by molar-refractivity contribution is 7.15. The second-order valence-corrected chi connectivity index (χ2v) is 5.74. The topological polar surface area (TPSA) is 98.7 Å². The summed E-state index contributed by atoms with van der Waals surface area (Å²) in [6, 6.07) is 1.83. The predicted molar refractivity (Wildman–Crippen MR) is 77.5 cm³/mol. The summed E-state index contributed by atoms with van der Waals surface area (Å²) in [5.41, 5.74) is 6.97. The van der Waals surface area contributed by atoms with Gasteiger partial charge in [-0.3, -0.25) is 9.48 Å². The molecule has 3 N–H and O–H groups in total. The van der Waals surface area contributed by atoms with Gasteiger partial charge in [0.15, 0.2) is 0 Å². The molecule has 0 fully saturated rings. The number of anilines is 1. The molecule has 0 aliphatic carbocycles. The van der Waals surface area contributed by atoms with Gasteiger partial charge in [-0.05, 0) is 18.9 Å². The lowest BCUT2D eigenvalue weighted by atomic mass is 10.1. The van der Waals surface area contributed by atoms with E-state index in [4.69, 9.17) is 5.73 Å². The number of aryl methyl sites for hydroxylation is 1. The molecular formula is C12H18N6OS. The third-order valence-electron chi connectivity index (χ3n) is 2.81. The van der Waals surface area contributed by atoms with E-state index in [1.807, 2.05) is 26.8 Å². The van der Waals surface area contributed by atoms with Gasteiger partial charge >= 0.3 is 0 Å². The number of hydrogen-bond donors (Lipinski definition) is 2. The summed E-state index contributed by atoms with van der Waals surface area (Å²) in [7, 11) is 0. The first-order valence-corrected chi connectivity index (χ1v) is 7.26. The van der Waals surface area contributed by atoms with Gasteiger partial charge in [-0.2, -0.15) is 5.10 Å². The summed E-state index contributed by atoms with van der Waals surface area (Å²) in [6.07, 6.45) is 0. The zero-order valence-corrected chi connectivity index (χ0v) is 12.6. The quantitative estimate of drug-likeness (QED) is 0.868. The molecule has 7 nitrogen and oxygen atoms in total. The number of nitrogens with zero attached hydrogens (tertiary/aromatic N) is 4. The lowest BCUT2D eigenvalue weighted by molar-refractivity contribution is 0.0940. The third-order valence-corrected chi connectivity index (χ3v) is 3.56. The van der Waals surface area contributed by atoms with Crippen molar-refractivity contribution in [1.82, 2.24) is 25.3 Å². The van der Waals surface area contributed by atoms with Crippen molar-refractivity contribution in [1.29, 1.82) is 0 Å². The maximum absolute atomic E-state index is 12.2. The highest BCUT2D eigenvalue weighted by atomic mass is 32.1. The number of nitrogens with two attached hydrogens (primary N) is 1. The molecular weight excluding hydrogens is 276 g/mol. The van der Waals surface area contributed by atoms with E-state index < -0.39 is 0 Å². The van der Waals surface area contributed by atoms with Crippen LogP contribution >= 0.6 is 11.3 Å². The molecule has 0 spiro atoms. The smallest absolute Gasteiger partial charge is 0.269 e. The van der Waals surface area contributed by atoms with E-state index in [1.165, 1.54) is 11.3 Å². The first-order valence-electron chi connectivity index (χ1n) is 6.45. The molecule has 0 saturated carbocycles. The van der Waals surface area contributed by atoms with Gasteiger partial charge in [0.2, 0.25) is 5.13 Å². The summed E-state index contributed by atoms with van der Waals surface area (Å²) >= 11 is 1.26. The molecule has 0 aromatic carbocycles. The minimum atomic E-state index is -0.167. The van der Waals surface area contributed by atoms with Gasteiger partial charge < -0.3 is 11.1 Å². The van der Waals surface area contributed by atoms with Crippen LogP contribution < -0.4 is 11.1 Å². The fourth-order valence-corrected chi connectivity index (χ4v) is 2.28. The molecule has 20 heavy (non-hydrogen) atoms. The van der Waals surface area contributed by atoms with E-state index >= 15 is 0 Å². The Balaban J connectivity index is 2.08. The Morgan fingerprint density at radius 3 is 2.80 bits per heavy atom. The average Bonchev–Trinajstić information content (AvgIpc) is 3.01.